The molecule has 0 aliphatic carbocycles. The van der Waals surface area contributed by atoms with E-state index in [9.17, 15) is 14.4 Å². The number of ether oxygens (including phenoxy) is 2. The van der Waals surface area contributed by atoms with Crippen LogP contribution in [-0.4, -0.2) is 59.9 Å². The summed E-state index contributed by atoms with van der Waals surface area (Å²) in [5.41, 5.74) is 2.51. The van der Waals surface area contributed by atoms with E-state index in [1.165, 1.54) is 16.9 Å². The molecular weight excluding hydrogens is 442 g/mol. The standard InChI is InChI=1S/C24H25N3O5S/c1-15-2-7-19(22(28)25-15)27-23(29)18-14-33-20(21(18)24(27)30)13-32-17-5-3-16(4-6-17)12-26-8-10-31-11-9-26/h3-6,14,19H,1-2,7-13H2,(H,25,28)/t19-/m0/s1. The number of piperidine rings is 1. The normalized spacial score (nSPS) is 21.3. The van der Waals surface area contributed by atoms with Gasteiger partial charge in [0.25, 0.3) is 11.8 Å². The van der Waals surface area contributed by atoms with Gasteiger partial charge in [-0.2, -0.15) is 0 Å². The lowest BCUT2D eigenvalue weighted by atomic mass is 10.0. The second kappa shape index (κ2) is 9.09. The van der Waals surface area contributed by atoms with Crippen molar-refractivity contribution in [2.45, 2.75) is 32.0 Å². The van der Waals surface area contributed by atoms with Crippen LogP contribution in [0.5, 0.6) is 5.75 Å². The van der Waals surface area contributed by atoms with Crippen LogP contribution in [0.1, 0.15) is 44.0 Å². The third-order valence-electron chi connectivity index (χ3n) is 6.19. The lowest BCUT2D eigenvalue weighted by Gasteiger charge is -2.29. The minimum absolute atomic E-state index is 0.184. The van der Waals surface area contributed by atoms with Crippen LogP contribution in [-0.2, 0) is 22.7 Å². The molecule has 33 heavy (non-hydrogen) atoms. The number of amides is 3. The molecule has 2 fully saturated rings. The summed E-state index contributed by atoms with van der Waals surface area (Å²) in [7, 11) is 0. The van der Waals surface area contributed by atoms with Crippen LogP contribution >= 0.6 is 11.3 Å². The van der Waals surface area contributed by atoms with E-state index in [0.717, 1.165) is 37.7 Å². The fraction of sp³-hybridized carbons (Fsp3) is 0.375. The Bertz CT molecular complexity index is 1100. The van der Waals surface area contributed by atoms with Gasteiger partial charge in [-0.15, -0.1) is 11.3 Å². The number of fused-ring (bicyclic) bond motifs is 1. The third-order valence-corrected chi connectivity index (χ3v) is 7.15. The van der Waals surface area contributed by atoms with Gasteiger partial charge in [0.05, 0.1) is 29.2 Å². The Labute approximate surface area is 195 Å². The first kappa shape index (κ1) is 21.8. The van der Waals surface area contributed by atoms with E-state index >= 15 is 0 Å². The Morgan fingerprint density at radius 2 is 1.88 bits per heavy atom. The molecule has 2 saturated heterocycles. The van der Waals surface area contributed by atoms with Crippen LogP contribution in [0.2, 0.25) is 0 Å². The molecule has 9 heteroatoms. The number of hydrogen-bond donors (Lipinski definition) is 1. The second-order valence-corrected chi connectivity index (χ2v) is 9.36. The maximum absolute atomic E-state index is 13.1. The Hall–Kier alpha value is -3.01. The van der Waals surface area contributed by atoms with Gasteiger partial charge in [-0.1, -0.05) is 18.7 Å². The lowest BCUT2D eigenvalue weighted by molar-refractivity contribution is -0.125. The van der Waals surface area contributed by atoms with E-state index in [1.807, 2.05) is 24.3 Å². The topological polar surface area (TPSA) is 88.2 Å². The molecule has 172 valence electrons. The van der Waals surface area contributed by atoms with Crippen molar-refractivity contribution in [3.05, 3.63) is 63.5 Å². The highest BCUT2D eigenvalue weighted by molar-refractivity contribution is 7.10. The van der Waals surface area contributed by atoms with Gasteiger partial charge in [0, 0.05) is 30.7 Å². The first-order valence-electron chi connectivity index (χ1n) is 11.0. The van der Waals surface area contributed by atoms with E-state index in [1.54, 1.807) is 5.38 Å². The highest BCUT2D eigenvalue weighted by atomic mass is 32.1. The summed E-state index contributed by atoms with van der Waals surface area (Å²) >= 11 is 1.33. The molecule has 0 radical (unpaired) electrons. The molecule has 0 saturated carbocycles. The largest absolute Gasteiger partial charge is 0.488 e. The average Bonchev–Trinajstić information content (AvgIpc) is 3.34. The zero-order valence-electron chi connectivity index (χ0n) is 18.2. The fourth-order valence-corrected chi connectivity index (χ4v) is 5.31. The molecule has 1 aromatic carbocycles. The van der Waals surface area contributed by atoms with Gasteiger partial charge >= 0.3 is 0 Å². The molecule has 3 aliphatic rings. The third kappa shape index (κ3) is 4.31. The number of allylic oxidation sites excluding steroid dienone is 1. The maximum atomic E-state index is 13.1. The van der Waals surface area contributed by atoms with Crippen molar-refractivity contribution in [2.24, 2.45) is 0 Å². The van der Waals surface area contributed by atoms with E-state index in [2.05, 4.69) is 16.8 Å². The Kier molecular flexibility index (Phi) is 6.01. The predicted octanol–water partition coefficient (Wildman–Crippen LogP) is 2.55. The summed E-state index contributed by atoms with van der Waals surface area (Å²) in [4.78, 5) is 42.5. The van der Waals surface area contributed by atoms with E-state index < -0.39 is 17.9 Å². The zero-order valence-corrected chi connectivity index (χ0v) is 19.0. The van der Waals surface area contributed by atoms with Crippen LogP contribution in [0.25, 0.3) is 0 Å². The molecule has 1 aromatic heterocycles. The van der Waals surface area contributed by atoms with Crippen molar-refractivity contribution < 1.29 is 23.9 Å². The van der Waals surface area contributed by atoms with E-state index in [0.29, 0.717) is 40.3 Å². The van der Waals surface area contributed by atoms with Gasteiger partial charge in [0.1, 0.15) is 18.4 Å². The number of hydrogen-bond acceptors (Lipinski definition) is 7. The first-order valence-corrected chi connectivity index (χ1v) is 11.9. The number of thiophene rings is 1. The van der Waals surface area contributed by atoms with Crippen molar-refractivity contribution in [3.63, 3.8) is 0 Å². The lowest BCUT2D eigenvalue weighted by Crippen LogP contribution is -2.51. The van der Waals surface area contributed by atoms with Gasteiger partial charge < -0.3 is 14.8 Å². The van der Waals surface area contributed by atoms with Crippen LogP contribution in [0.4, 0.5) is 0 Å². The highest BCUT2D eigenvalue weighted by Crippen LogP contribution is 2.34. The molecule has 2 aromatic rings. The van der Waals surface area contributed by atoms with Crippen molar-refractivity contribution >= 4 is 29.1 Å². The highest BCUT2D eigenvalue weighted by Gasteiger charge is 2.45. The van der Waals surface area contributed by atoms with Crippen molar-refractivity contribution in [1.29, 1.82) is 0 Å². The first-order chi connectivity index (χ1) is 16.0. The van der Waals surface area contributed by atoms with Crippen molar-refractivity contribution in [3.8, 4) is 5.75 Å². The number of nitrogens with zero attached hydrogens (tertiary/aromatic N) is 2. The monoisotopic (exact) mass is 467 g/mol. The number of morpholine rings is 1. The summed E-state index contributed by atoms with van der Waals surface area (Å²) < 4.78 is 11.3. The predicted molar refractivity (Wildman–Crippen MR) is 122 cm³/mol. The quantitative estimate of drug-likeness (QED) is 0.657. The summed E-state index contributed by atoms with van der Waals surface area (Å²) in [6.45, 7) is 8.21. The number of imide groups is 1. The molecule has 3 amide bonds. The summed E-state index contributed by atoms with van der Waals surface area (Å²) in [6.07, 6.45) is 0.927. The Balaban J connectivity index is 1.24. The van der Waals surface area contributed by atoms with Gasteiger partial charge in [0.2, 0.25) is 5.91 Å². The maximum Gasteiger partial charge on any atom is 0.263 e. The Morgan fingerprint density at radius 1 is 1.12 bits per heavy atom. The van der Waals surface area contributed by atoms with Crippen LogP contribution in [0, 0.1) is 0 Å². The van der Waals surface area contributed by atoms with Crippen LogP contribution < -0.4 is 10.1 Å². The molecule has 8 nitrogen and oxygen atoms in total. The second-order valence-electron chi connectivity index (χ2n) is 8.40. The minimum atomic E-state index is -0.805. The number of carbonyl (C=O) groups is 3. The fourth-order valence-electron chi connectivity index (χ4n) is 4.39. The van der Waals surface area contributed by atoms with Crippen molar-refractivity contribution in [1.82, 2.24) is 15.1 Å². The van der Waals surface area contributed by atoms with Gasteiger partial charge in [0.15, 0.2) is 0 Å². The molecule has 0 spiro atoms. The van der Waals surface area contributed by atoms with Gasteiger partial charge in [-0.3, -0.25) is 24.2 Å². The number of benzene rings is 1. The summed E-state index contributed by atoms with van der Waals surface area (Å²) in [6, 6.07) is 7.11. The molecule has 3 aliphatic heterocycles. The molecular formula is C24H25N3O5S. The average molecular weight is 468 g/mol. The summed E-state index contributed by atoms with van der Waals surface area (Å²) in [5.74, 6) is -0.514. The number of rotatable bonds is 6. The van der Waals surface area contributed by atoms with Crippen molar-refractivity contribution in [2.75, 3.05) is 26.3 Å². The Morgan fingerprint density at radius 3 is 2.61 bits per heavy atom. The van der Waals surface area contributed by atoms with E-state index in [-0.39, 0.29) is 12.5 Å². The molecule has 4 heterocycles. The van der Waals surface area contributed by atoms with Crippen LogP contribution in [0.3, 0.4) is 0 Å². The SMILES string of the molecule is C=C1CC[C@H](N2C(=O)c3csc(COc4ccc(CN5CCOCC5)cc4)c3C2=O)C(=O)N1. The molecule has 1 atom stereocenters. The molecule has 1 N–H and O–H groups in total. The van der Waals surface area contributed by atoms with Gasteiger partial charge in [-0.25, -0.2) is 0 Å². The molecule has 0 unspecified atom stereocenters. The van der Waals surface area contributed by atoms with E-state index in [4.69, 9.17) is 9.47 Å². The zero-order chi connectivity index (χ0) is 22.9. The number of carbonyl (C=O) groups excluding carboxylic acids is 3. The van der Waals surface area contributed by atoms with Gasteiger partial charge in [-0.05, 0) is 30.5 Å². The smallest absolute Gasteiger partial charge is 0.263 e. The summed E-state index contributed by atoms with van der Waals surface area (Å²) in [5, 5.41) is 4.33. The number of nitrogens with one attached hydrogen (secondary N) is 1. The molecule has 5 rings (SSSR count). The molecule has 0 bridgehead atoms. The minimum Gasteiger partial charge on any atom is -0.488 e. The van der Waals surface area contributed by atoms with Crippen LogP contribution in [0.15, 0.2) is 41.9 Å².